The van der Waals surface area contributed by atoms with E-state index >= 15 is 0 Å². The number of nitrogens with zero attached hydrogens (tertiary/aromatic N) is 1. The highest BCUT2D eigenvalue weighted by molar-refractivity contribution is 5.94. The second kappa shape index (κ2) is 7.13. The quantitative estimate of drug-likeness (QED) is 0.789. The lowest BCUT2D eigenvalue weighted by Crippen LogP contribution is -2.45. The van der Waals surface area contributed by atoms with Crippen LogP contribution in [0.3, 0.4) is 0 Å². The van der Waals surface area contributed by atoms with Gasteiger partial charge < -0.3 is 20.5 Å². The van der Waals surface area contributed by atoms with Crippen molar-refractivity contribution in [2.24, 2.45) is 11.7 Å². The highest BCUT2D eigenvalue weighted by atomic mass is 16.5. The minimum Gasteiger partial charge on any atom is -0.507 e. The van der Waals surface area contributed by atoms with Crippen molar-refractivity contribution < 1.29 is 24.2 Å². The fourth-order valence-corrected chi connectivity index (χ4v) is 2.56. The van der Waals surface area contributed by atoms with Gasteiger partial charge in [0.2, 0.25) is 5.91 Å². The van der Waals surface area contributed by atoms with Crippen molar-refractivity contribution in [2.75, 3.05) is 19.7 Å². The smallest absolute Gasteiger partial charge is 0.342 e. The van der Waals surface area contributed by atoms with Crippen molar-refractivity contribution in [1.29, 1.82) is 0 Å². The summed E-state index contributed by atoms with van der Waals surface area (Å²) < 4.78 is 4.97. The van der Waals surface area contributed by atoms with Crippen LogP contribution in [0.4, 0.5) is 0 Å². The molecule has 2 rings (SSSR count). The van der Waals surface area contributed by atoms with E-state index in [1.54, 1.807) is 19.1 Å². The first-order valence-electron chi connectivity index (χ1n) is 7.43. The number of hydrogen-bond acceptors (Lipinski definition) is 5. The second-order valence-corrected chi connectivity index (χ2v) is 5.63. The zero-order valence-electron chi connectivity index (χ0n) is 12.9. The van der Waals surface area contributed by atoms with Crippen molar-refractivity contribution in [3.05, 3.63) is 29.3 Å². The maximum Gasteiger partial charge on any atom is 0.342 e. The summed E-state index contributed by atoms with van der Waals surface area (Å²) in [5, 5.41) is 9.83. The first kappa shape index (κ1) is 16.8. The molecular weight excluding hydrogens is 300 g/mol. The van der Waals surface area contributed by atoms with Crippen LogP contribution < -0.4 is 5.73 Å². The average Bonchev–Trinajstić information content (AvgIpc) is 2.55. The Bertz CT molecular complexity index is 629. The van der Waals surface area contributed by atoms with E-state index in [9.17, 15) is 19.5 Å². The number of nitrogens with two attached hydrogens (primary N) is 1. The molecule has 1 aliphatic heterocycles. The zero-order chi connectivity index (χ0) is 17.0. The molecule has 1 saturated heterocycles. The molecule has 0 aromatic heterocycles. The van der Waals surface area contributed by atoms with Gasteiger partial charge in [0.1, 0.15) is 11.3 Å². The van der Waals surface area contributed by atoms with Crippen LogP contribution in [0.25, 0.3) is 0 Å². The first-order chi connectivity index (χ1) is 10.9. The lowest BCUT2D eigenvalue weighted by atomic mass is 9.97. The Kier molecular flexibility index (Phi) is 5.20. The van der Waals surface area contributed by atoms with Gasteiger partial charge in [-0.3, -0.25) is 9.59 Å². The molecule has 0 unspecified atom stereocenters. The molecule has 0 bridgehead atoms. The van der Waals surface area contributed by atoms with E-state index in [2.05, 4.69) is 0 Å². The van der Waals surface area contributed by atoms with Crippen LogP contribution in [-0.4, -0.2) is 47.5 Å². The molecular formula is C16H20N2O5. The molecule has 1 aliphatic rings. The molecule has 0 saturated carbocycles. The molecule has 1 fully saturated rings. The Morgan fingerprint density at radius 3 is 2.83 bits per heavy atom. The number of carbonyl (C=O) groups is 3. The van der Waals surface area contributed by atoms with E-state index in [1.807, 2.05) is 0 Å². The van der Waals surface area contributed by atoms with Crippen LogP contribution in [0.1, 0.15) is 28.8 Å². The number of aromatic hydroxyl groups is 1. The third-order valence-corrected chi connectivity index (χ3v) is 3.96. The number of primary amides is 1. The fraction of sp³-hybridized carbons (Fsp3) is 0.438. The lowest BCUT2D eigenvalue weighted by Gasteiger charge is -2.31. The number of rotatable bonds is 4. The minimum absolute atomic E-state index is 0.0199. The minimum atomic E-state index is -0.761. The van der Waals surface area contributed by atoms with Gasteiger partial charge in [-0.05, 0) is 31.4 Å². The number of ether oxygens (including phenoxy) is 1. The van der Waals surface area contributed by atoms with Crippen LogP contribution in [0.2, 0.25) is 0 Å². The fourth-order valence-electron chi connectivity index (χ4n) is 2.56. The zero-order valence-corrected chi connectivity index (χ0v) is 12.9. The van der Waals surface area contributed by atoms with Gasteiger partial charge in [0.25, 0.3) is 5.91 Å². The predicted octanol–water partition coefficient (Wildman–Crippen LogP) is 0.581. The summed E-state index contributed by atoms with van der Waals surface area (Å²) in [6, 6.07) is 4.71. The number of phenols is 1. The van der Waals surface area contributed by atoms with Crippen LogP contribution in [0.5, 0.6) is 5.75 Å². The Morgan fingerprint density at radius 1 is 1.39 bits per heavy atom. The number of para-hydroxylation sites is 1. The summed E-state index contributed by atoms with van der Waals surface area (Å²) in [7, 11) is 0. The van der Waals surface area contributed by atoms with Crippen molar-refractivity contribution >= 4 is 17.8 Å². The van der Waals surface area contributed by atoms with Crippen LogP contribution in [0, 0.1) is 12.8 Å². The van der Waals surface area contributed by atoms with Gasteiger partial charge in [0.05, 0.1) is 5.92 Å². The average molecular weight is 320 g/mol. The maximum atomic E-state index is 12.1. The topological polar surface area (TPSA) is 110 Å². The van der Waals surface area contributed by atoms with Gasteiger partial charge >= 0.3 is 5.97 Å². The number of aryl methyl sites for hydroxylation is 1. The number of likely N-dealkylation sites (tertiary alicyclic amines) is 1. The molecule has 2 amide bonds. The highest BCUT2D eigenvalue weighted by Crippen LogP contribution is 2.22. The molecule has 7 nitrogen and oxygen atoms in total. The number of esters is 1. The Balaban J connectivity index is 1.92. The van der Waals surface area contributed by atoms with E-state index in [1.165, 1.54) is 11.0 Å². The van der Waals surface area contributed by atoms with Crippen molar-refractivity contribution in [3.8, 4) is 5.75 Å². The molecule has 124 valence electrons. The summed E-state index contributed by atoms with van der Waals surface area (Å²) in [4.78, 5) is 36.7. The van der Waals surface area contributed by atoms with Crippen LogP contribution in [-0.2, 0) is 14.3 Å². The third kappa shape index (κ3) is 4.00. The molecule has 0 radical (unpaired) electrons. The SMILES string of the molecule is Cc1cccc(C(=O)OCC(=O)N2CCC[C@@H](C(N)=O)C2)c1O. The normalized spacial score (nSPS) is 17.6. The van der Waals surface area contributed by atoms with E-state index in [0.717, 1.165) is 0 Å². The molecule has 1 atom stereocenters. The summed E-state index contributed by atoms with van der Waals surface area (Å²) in [5.41, 5.74) is 5.84. The van der Waals surface area contributed by atoms with Gasteiger partial charge in [0.15, 0.2) is 6.61 Å². The number of piperidine rings is 1. The Labute approximate surface area is 134 Å². The Morgan fingerprint density at radius 2 is 2.13 bits per heavy atom. The molecule has 1 aromatic rings. The van der Waals surface area contributed by atoms with E-state index in [4.69, 9.17) is 10.5 Å². The third-order valence-electron chi connectivity index (χ3n) is 3.96. The maximum absolute atomic E-state index is 12.1. The van der Waals surface area contributed by atoms with E-state index in [-0.39, 0.29) is 29.7 Å². The lowest BCUT2D eigenvalue weighted by molar-refractivity contribution is -0.137. The Hall–Kier alpha value is -2.57. The van der Waals surface area contributed by atoms with E-state index in [0.29, 0.717) is 24.9 Å². The number of hydrogen-bond donors (Lipinski definition) is 2. The van der Waals surface area contributed by atoms with Gasteiger partial charge in [-0.1, -0.05) is 12.1 Å². The monoisotopic (exact) mass is 320 g/mol. The van der Waals surface area contributed by atoms with Crippen molar-refractivity contribution in [1.82, 2.24) is 4.90 Å². The molecule has 1 aromatic carbocycles. The van der Waals surface area contributed by atoms with Gasteiger partial charge in [-0.15, -0.1) is 0 Å². The molecule has 0 spiro atoms. The summed E-state index contributed by atoms with van der Waals surface area (Å²) >= 11 is 0. The number of amides is 2. The molecule has 7 heteroatoms. The summed E-state index contributed by atoms with van der Waals surface area (Å²) in [5.74, 6) is -2.08. The van der Waals surface area contributed by atoms with Crippen molar-refractivity contribution in [2.45, 2.75) is 19.8 Å². The number of carbonyl (C=O) groups excluding carboxylic acids is 3. The summed E-state index contributed by atoms with van der Waals surface area (Å²) in [6.45, 7) is 1.99. The van der Waals surface area contributed by atoms with Gasteiger partial charge in [-0.2, -0.15) is 0 Å². The standard InChI is InChI=1S/C16H20N2O5/c1-10-4-2-6-12(14(10)20)16(22)23-9-13(19)18-7-3-5-11(8-18)15(17)21/h2,4,6,11,20H,3,5,7-9H2,1H3,(H2,17,21)/t11-/m1/s1. The van der Waals surface area contributed by atoms with Gasteiger partial charge in [-0.25, -0.2) is 4.79 Å². The second-order valence-electron chi connectivity index (χ2n) is 5.63. The predicted molar refractivity (Wildman–Crippen MR) is 81.6 cm³/mol. The molecule has 1 heterocycles. The molecule has 0 aliphatic carbocycles. The van der Waals surface area contributed by atoms with Gasteiger partial charge in [0, 0.05) is 13.1 Å². The van der Waals surface area contributed by atoms with Crippen LogP contribution in [0.15, 0.2) is 18.2 Å². The number of benzene rings is 1. The van der Waals surface area contributed by atoms with Crippen LogP contribution >= 0.6 is 0 Å². The van der Waals surface area contributed by atoms with E-state index < -0.39 is 18.5 Å². The molecule has 3 N–H and O–H groups in total. The molecule has 23 heavy (non-hydrogen) atoms. The largest absolute Gasteiger partial charge is 0.507 e. The number of phenolic OH excluding ortho intramolecular Hbond substituents is 1. The highest BCUT2D eigenvalue weighted by Gasteiger charge is 2.27. The summed E-state index contributed by atoms with van der Waals surface area (Å²) in [6.07, 6.45) is 1.35. The first-order valence-corrected chi connectivity index (χ1v) is 7.43. The van der Waals surface area contributed by atoms with Crippen molar-refractivity contribution in [3.63, 3.8) is 0 Å².